The summed E-state index contributed by atoms with van der Waals surface area (Å²) in [6.45, 7) is 4.28. The highest BCUT2D eigenvalue weighted by Gasteiger charge is 2.16. The third kappa shape index (κ3) is 4.39. The number of carbonyl (C=O) groups is 1. The van der Waals surface area contributed by atoms with E-state index in [0.29, 0.717) is 29.6 Å². The smallest absolute Gasteiger partial charge is 0.275 e. The monoisotopic (exact) mass is 417 g/mol. The molecular formula is C23H23N5O3. The van der Waals surface area contributed by atoms with E-state index in [0.717, 1.165) is 16.7 Å². The van der Waals surface area contributed by atoms with Gasteiger partial charge in [0, 0.05) is 30.1 Å². The van der Waals surface area contributed by atoms with Crippen LogP contribution in [0.1, 0.15) is 16.8 Å². The highest BCUT2D eigenvalue weighted by Crippen LogP contribution is 2.18. The zero-order valence-electron chi connectivity index (χ0n) is 17.6. The number of aromatic nitrogens is 4. The third-order valence-corrected chi connectivity index (χ3v) is 4.96. The average molecular weight is 417 g/mol. The predicted molar refractivity (Wildman–Crippen MR) is 118 cm³/mol. The second kappa shape index (κ2) is 8.53. The molecule has 158 valence electrons. The molecule has 0 fully saturated rings. The van der Waals surface area contributed by atoms with E-state index in [9.17, 15) is 9.59 Å². The first kappa shape index (κ1) is 20.5. The van der Waals surface area contributed by atoms with Crippen molar-refractivity contribution in [2.75, 3.05) is 12.4 Å². The maximum absolute atomic E-state index is 12.6. The first-order chi connectivity index (χ1) is 14.9. The molecule has 2 aromatic carbocycles. The Morgan fingerprint density at radius 3 is 2.45 bits per heavy atom. The lowest BCUT2D eigenvalue weighted by Crippen LogP contribution is -2.25. The normalized spacial score (nSPS) is 11.1. The van der Waals surface area contributed by atoms with E-state index in [1.807, 2.05) is 55.5 Å². The van der Waals surface area contributed by atoms with Gasteiger partial charge in [0.15, 0.2) is 5.82 Å². The van der Waals surface area contributed by atoms with Crippen LogP contribution in [-0.2, 0) is 22.7 Å². The van der Waals surface area contributed by atoms with Gasteiger partial charge in [-0.1, -0.05) is 42.0 Å². The second-order valence-electron chi connectivity index (χ2n) is 7.40. The minimum absolute atomic E-state index is 0.00833. The summed E-state index contributed by atoms with van der Waals surface area (Å²) < 4.78 is 8.04. The maximum Gasteiger partial charge on any atom is 0.275 e. The molecule has 2 heterocycles. The Morgan fingerprint density at radius 2 is 1.77 bits per heavy atom. The van der Waals surface area contributed by atoms with Crippen molar-refractivity contribution in [3.8, 4) is 11.4 Å². The van der Waals surface area contributed by atoms with Crippen molar-refractivity contribution >= 4 is 17.4 Å². The SMILES string of the molecule is COCc1ccc(-c2nc3n(CC(=O)Nc4ccc(C)cc4)c(C)cc(=O)n3n2)cc1. The first-order valence-electron chi connectivity index (χ1n) is 9.86. The largest absolute Gasteiger partial charge is 0.380 e. The highest BCUT2D eigenvalue weighted by atomic mass is 16.5. The zero-order chi connectivity index (χ0) is 22.0. The molecule has 0 spiro atoms. The van der Waals surface area contributed by atoms with Crippen molar-refractivity contribution in [3.05, 3.63) is 81.8 Å². The van der Waals surface area contributed by atoms with Gasteiger partial charge in [0.25, 0.3) is 5.56 Å². The Morgan fingerprint density at radius 1 is 1.06 bits per heavy atom. The van der Waals surface area contributed by atoms with Crippen molar-refractivity contribution in [2.24, 2.45) is 0 Å². The van der Waals surface area contributed by atoms with Gasteiger partial charge in [-0.05, 0) is 31.5 Å². The van der Waals surface area contributed by atoms with Gasteiger partial charge in [-0.25, -0.2) is 0 Å². The number of nitrogens with one attached hydrogen (secondary N) is 1. The first-order valence-corrected chi connectivity index (χ1v) is 9.86. The maximum atomic E-state index is 12.6. The quantitative estimate of drug-likeness (QED) is 0.521. The van der Waals surface area contributed by atoms with Gasteiger partial charge in [0.05, 0.1) is 6.61 Å². The number of rotatable bonds is 6. The van der Waals surface area contributed by atoms with Crippen LogP contribution in [0.4, 0.5) is 5.69 Å². The summed E-state index contributed by atoms with van der Waals surface area (Å²) in [4.78, 5) is 29.7. The van der Waals surface area contributed by atoms with E-state index >= 15 is 0 Å². The molecule has 2 aromatic heterocycles. The fourth-order valence-electron chi connectivity index (χ4n) is 3.32. The topological polar surface area (TPSA) is 90.5 Å². The minimum Gasteiger partial charge on any atom is -0.380 e. The lowest BCUT2D eigenvalue weighted by atomic mass is 10.1. The van der Waals surface area contributed by atoms with Crippen molar-refractivity contribution < 1.29 is 9.53 Å². The number of amides is 1. The lowest BCUT2D eigenvalue weighted by Gasteiger charge is -2.11. The molecule has 0 bridgehead atoms. The van der Waals surface area contributed by atoms with Gasteiger partial charge in [-0.3, -0.25) is 9.59 Å². The van der Waals surface area contributed by atoms with Gasteiger partial charge >= 0.3 is 0 Å². The molecule has 0 unspecified atom stereocenters. The fourth-order valence-corrected chi connectivity index (χ4v) is 3.32. The van der Waals surface area contributed by atoms with E-state index in [1.165, 1.54) is 10.6 Å². The number of fused-ring (bicyclic) bond motifs is 1. The molecule has 4 aromatic rings. The number of hydrogen-bond acceptors (Lipinski definition) is 5. The molecule has 0 aliphatic carbocycles. The van der Waals surface area contributed by atoms with E-state index in [4.69, 9.17) is 4.74 Å². The molecule has 0 radical (unpaired) electrons. The molecule has 31 heavy (non-hydrogen) atoms. The van der Waals surface area contributed by atoms with Gasteiger partial charge in [-0.2, -0.15) is 9.50 Å². The highest BCUT2D eigenvalue weighted by molar-refractivity contribution is 5.90. The van der Waals surface area contributed by atoms with Crippen LogP contribution < -0.4 is 10.9 Å². The van der Waals surface area contributed by atoms with Crippen LogP contribution in [0.2, 0.25) is 0 Å². The summed E-state index contributed by atoms with van der Waals surface area (Å²) in [5, 5.41) is 7.24. The van der Waals surface area contributed by atoms with Crippen LogP contribution in [0.5, 0.6) is 0 Å². The Bertz CT molecular complexity index is 1290. The molecule has 0 saturated heterocycles. The van der Waals surface area contributed by atoms with Crippen LogP contribution in [0.15, 0.2) is 59.4 Å². The Balaban J connectivity index is 1.66. The number of anilines is 1. The third-order valence-electron chi connectivity index (χ3n) is 4.96. The molecule has 0 saturated carbocycles. The average Bonchev–Trinajstić information content (AvgIpc) is 3.20. The summed E-state index contributed by atoms with van der Waals surface area (Å²) >= 11 is 0. The van der Waals surface area contributed by atoms with E-state index < -0.39 is 0 Å². The number of aryl methyl sites for hydroxylation is 2. The molecule has 8 heteroatoms. The van der Waals surface area contributed by atoms with E-state index in [1.54, 1.807) is 18.6 Å². The Labute approximate surface area is 179 Å². The number of nitrogens with zero attached hydrogens (tertiary/aromatic N) is 4. The van der Waals surface area contributed by atoms with E-state index in [-0.39, 0.29) is 18.0 Å². The van der Waals surface area contributed by atoms with Gasteiger partial charge in [0.2, 0.25) is 11.7 Å². The molecule has 0 aliphatic heterocycles. The Kier molecular flexibility index (Phi) is 5.64. The van der Waals surface area contributed by atoms with Crippen LogP contribution in [0, 0.1) is 13.8 Å². The number of benzene rings is 2. The fraction of sp³-hybridized carbons (Fsp3) is 0.217. The van der Waals surface area contributed by atoms with Crippen molar-refractivity contribution in [3.63, 3.8) is 0 Å². The molecule has 1 N–H and O–H groups in total. The molecule has 1 amide bonds. The summed E-state index contributed by atoms with van der Waals surface area (Å²) in [7, 11) is 1.64. The molecular weight excluding hydrogens is 394 g/mol. The lowest BCUT2D eigenvalue weighted by molar-refractivity contribution is -0.116. The standard InChI is InChI=1S/C23H23N5O3/c1-15-4-10-19(11-5-15)24-20(29)13-27-16(2)12-21(30)28-23(27)25-22(26-28)18-8-6-17(7-9-18)14-31-3/h4-12H,13-14H2,1-3H3,(H,24,29). The minimum atomic E-state index is -0.294. The van der Waals surface area contributed by atoms with Crippen LogP contribution in [0.3, 0.4) is 0 Å². The number of hydrogen-bond donors (Lipinski definition) is 1. The van der Waals surface area contributed by atoms with Crippen LogP contribution in [-0.4, -0.2) is 32.2 Å². The van der Waals surface area contributed by atoms with Crippen molar-refractivity contribution in [1.29, 1.82) is 0 Å². The van der Waals surface area contributed by atoms with Crippen LogP contribution >= 0.6 is 0 Å². The molecule has 0 atom stereocenters. The predicted octanol–water partition coefficient (Wildman–Crippen LogP) is 2.96. The summed E-state index contributed by atoms with van der Waals surface area (Å²) in [5.41, 5.74) is 3.96. The summed E-state index contributed by atoms with van der Waals surface area (Å²) in [5.74, 6) is 0.519. The van der Waals surface area contributed by atoms with Gasteiger partial charge in [0.1, 0.15) is 6.54 Å². The number of methoxy groups -OCH3 is 1. The van der Waals surface area contributed by atoms with Gasteiger partial charge in [-0.15, -0.1) is 5.10 Å². The molecule has 0 aliphatic rings. The number of carbonyl (C=O) groups excluding carboxylic acids is 1. The van der Waals surface area contributed by atoms with Gasteiger partial charge < -0.3 is 14.6 Å². The molecule has 8 nitrogen and oxygen atoms in total. The van der Waals surface area contributed by atoms with Crippen molar-refractivity contribution in [1.82, 2.24) is 19.2 Å². The number of ether oxygens (including phenoxy) is 1. The Hall–Kier alpha value is -3.78. The second-order valence-corrected chi connectivity index (χ2v) is 7.40. The summed E-state index contributed by atoms with van der Waals surface area (Å²) in [6, 6.07) is 16.6. The van der Waals surface area contributed by atoms with E-state index in [2.05, 4.69) is 15.4 Å². The zero-order valence-corrected chi connectivity index (χ0v) is 17.6. The molecule has 4 rings (SSSR count). The summed E-state index contributed by atoms with van der Waals surface area (Å²) in [6.07, 6.45) is 0. The van der Waals surface area contributed by atoms with Crippen LogP contribution in [0.25, 0.3) is 17.2 Å². The van der Waals surface area contributed by atoms with Crippen molar-refractivity contribution in [2.45, 2.75) is 27.0 Å².